The molecule has 1 aromatic rings. The van der Waals surface area contributed by atoms with Gasteiger partial charge in [0.05, 0.1) is 0 Å². The molecular formula is C15H24O. The van der Waals surface area contributed by atoms with E-state index in [9.17, 15) is 5.11 Å². The number of hydrogen-bond donors (Lipinski definition) is 1. The Morgan fingerprint density at radius 3 is 2.19 bits per heavy atom. The van der Waals surface area contributed by atoms with Crippen LogP contribution in [-0.4, -0.2) is 11.7 Å². The van der Waals surface area contributed by atoms with Gasteiger partial charge in [-0.25, -0.2) is 0 Å². The minimum Gasteiger partial charge on any atom is -0.396 e. The zero-order chi connectivity index (χ0) is 12.0. The Morgan fingerprint density at radius 2 is 1.69 bits per heavy atom. The standard InChI is InChI=1S/C15H24O/c1-4-13(5-2)15(11-16)10-14-9-7-6-8-12(14)3/h6-9,13,15-16H,4-5,10-11H2,1-3H3. The lowest BCUT2D eigenvalue weighted by Crippen LogP contribution is -2.20. The van der Waals surface area contributed by atoms with Gasteiger partial charge >= 0.3 is 0 Å². The third kappa shape index (κ3) is 3.34. The van der Waals surface area contributed by atoms with Crippen molar-refractivity contribution >= 4 is 0 Å². The molecular weight excluding hydrogens is 196 g/mol. The molecule has 0 bridgehead atoms. The van der Waals surface area contributed by atoms with Crippen LogP contribution in [0.3, 0.4) is 0 Å². The maximum Gasteiger partial charge on any atom is 0.0465 e. The molecule has 0 aliphatic carbocycles. The summed E-state index contributed by atoms with van der Waals surface area (Å²) in [6.45, 7) is 6.89. The third-order valence-corrected chi connectivity index (χ3v) is 3.69. The topological polar surface area (TPSA) is 20.2 Å². The van der Waals surface area contributed by atoms with Crippen molar-refractivity contribution < 1.29 is 5.11 Å². The van der Waals surface area contributed by atoms with Crippen LogP contribution in [0.5, 0.6) is 0 Å². The molecule has 1 heteroatoms. The van der Waals surface area contributed by atoms with Gasteiger partial charge in [-0.1, -0.05) is 51.0 Å². The Balaban J connectivity index is 2.73. The molecule has 0 fully saturated rings. The maximum absolute atomic E-state index is 9.51. The minimum absolute atomic E-state index is 0.306. The molecule has 1 N–H and O–H groups in total. The van der Waals surface area contributed by atoms with E-state index in [0.29, 0.717) is 18.4 Å². The highest BCUT2D eigenvalue weighted by molar-refractivity contribution is 5.26. The third-order valence-electron chi connectivity index (χ3n) is 3.69. The van der Waals surface area contributed by atoms with Crippen LogP contribution in [0.15, 0.2) is 24.3 Å². The van der Waals surface area contributed by atoms with E-state index in [1.54, 1.807) is 0 Å². The van der Waals surface area contributed by atoms with Gasteiger partial charge in [0, 0.05) is 6.61 Å². The fourth-order valence-corrected chi connectivity index (χ4v) is 2.46. The first-order valence-corrected chi connectivity index (χ1v) is 6.38. The first-order valence-electron chi connectivity index (χ1n) is 6.38. The summed E-state index contributed by atoms with van der Waals surface area (Å²) in [5.41, 5.74) is 2.72. The van der Waals surface area contributed by atoms with Gasteiger partial charge in [-0.15, -0.1) is 0 Å². The number of benzene rings is 1. The summed E-state index contributed by atoms with van der Waals surface area (Å²) in [5, 5.41) is 9.51. The van der Waals surface area contributed by atoms with Gasteiger partial charge in [-0.2, -0.15) is 0 Å². The lowest BCUT2D eigenvalue weighted by molar-refractivity contribution is 0.167. The fourth-order valence-electron chi connectivity index (χ4n) is 2.46. The zero-order valence-electron chi connectivity index (χ0n) is 10.7. The van der Waals surface area contributed by atoms with Crippen molar-refractivity contribution in [1.82, 2.24) is 0 Å². The van der Waals surface area contributed by atoms with Crippen LogP contribution in [-0.2, 0) is 6.42 Å². The molecule has 0 saturated heterocycles. The van der Waals surface area contributed by atoms with Gasteiger partial charge in [0.15, 0.2) is 0 Å². The second-order valence-corrected chi connectivity index (χ2v) is 4.65. The van der Waals surface area contributed by atoms with Crippen molar-refractivity contribution in [2.45, 2.75) is 40.0 Å². The summed E-state index contributed by atoms with van der Waals surface area (Å²) in [4.78, 5) is 0. The second-order valence-electron chi connectivity index (χ2n) is 4.65. The van der Waals surface area contributed by atoms with E-state index in [4.69, 9.17) is 0 Å². The van der Waals surface area contributed by atoms with Crippen LogP contribution >= 0.6 is 0 Å². The van der Waals surface area contributed by atoms with Gasteiger partial charge < -0.3 is 5.11 Å². The van der Waals surface area contributed by atoms with Crippen molar-refractivity contribution in [2.75, 3.05) is 6.61 Å². The normalized spacial score (nSPS) is 13.1. The Bertz CT molecular complexity index is 302. The van der Waals surface area contributed by atoms with Gasteiger partial charge in [0.25, 0.3) is 0 Å². The molecule has 0 radical (unpaired) electrons. The van der Waals surface area contributed by atoms with Crippen LogP contribution in [0.4, 0.5) is 0 Å². The highest BCUT2D eigenvalue weighted by Gasteiger charge is 2.18. The molecule has 1 aromatic carbocycles. The monoisotopic (exact) mass is 220 g/mol. The van der Waals surface area contributed by atoms with E-state index in [0.717, 1.165) is 19.3 Å². The Hall–Kier alpha value is -0.820. The minimum atomic E-state index is 0.306. The van der Waals surface area contributed by atoms with Crippen LogP contribution in [0.1, 0.15) is 37.8 Å². The first-order chi connectivity index (χ1) is 7.72. The van der Waals surface area contributed by atoms with Crippen LogP contribution in [0.25, 0.3) is 0 Å². The molecule has 0 aliphatic rings. The molecule has 0 aliphatic heterocycles. The lowest BCUT2D eigenvalue weighted by atomic mass is 9.83. The van der Waals surface area contributed by atoms with Crippen LogP contribution in [0, 0.1) is 18.8 Å². The largest absolute Gasteiger partial charge is 0.396 e. The first kappa shape index (κ1) is 13.2. The predicted molar refractivity (Wildman–Crippen MR) is 69.5 cm³/mol. The summed E-state index contributed by atoms with van der Waals surface area (Å²) in [7, 11) is 0. The Kier molecular flexibility index (Phi) is 5.54. The van der Waals surface area contributed by atoms with Gasteiger partial charge in [-0.3, -0.25) is 0 Å². The Morgan fingerprint density at radius 1 is 1.06 bits per heavy atom. The number of aryl methyl sites for hydroxylation is 1. The summed E-state index contributed by atoms with van der Waals surface area (Å²) in [5.74, 6) is 1.06. The second kappa shape index (κ2) is 6.70. The zero-order valence-corrected chi connectivity index (χ0v) is 10.7. The number of hydrogen-bond acceptors (Lipinski definition) is 1. The maximum atomic E-state index is 9.51. The van der Waals surface area contributed by atoms with E-state index in [2.05, 4.69) is 45.0 Å². The highest BCUT2D eigenvalue weighted by Crippen LogP contribution is 2.24. The molecule has 0 aromatic heterocycles. The smallest absolute Gasteiger partial charge is 0.0465 e. The van der Waals surface area contributed by atoms with E-state index in [-0.39, 0.29) is 0 Å². The highest BCUT2D eigenvalue weighted by atomic mass is 16.3. The molecule has 16 heavy (non-hydrogen) atoms. The van der Waals surface area contributed by atoms with Crippen molar-refractivity contribution in [2.24, 2.45) is 11.8 Å². The summed E-state index contributed by atoms with van der Waals surface area (Å²) in [6, 6.07) is 8.49. The molecule has 1 unspecified atom stereocenters. The summed E-state index contributed by atoms with van der Waals surface area (Å²) >= 11 is 0. The quantitative estimate of drug-likeness (QED) is 0.777. The molecule has 0 saturated carbocycles. The molecule has 1 rings (SSSR count). The van der Waals surface area contributed by atoms with Crippen molar-refractivity contribution in [3.8, 4) is 0 Å². The Labute approximate surface area is 99.5 Å². The SMILES string of the molecule is CCC(CC)C(CO)Cc1ccccc1C. The predicted octanol–water partition coefficient (Wildman–Crippen LogP) is 3.58. The number of aliphatic hydroxyl groups is 1. The van der Waals surface area contributed by atoms with Crippen molar-refractivity contribution in [3.63, 3.8) is 0 Å². The van der Waals surface area contributed by atoms with Crippen LogP contribution in [0.2, 0.25) is 0 Å². The summed E-state index contributed by atoms with van der Waals surface area (Å²) in [6.07, 6.45) is 3.33. The number of rotatable bonds is 6. The molecule has 90 valence electrons. The number of aliphatic hydroxyl groups excluding tert-OH is 1. The van der Waals surface area contributed by atoms with Gasteiger partial charge in [-0.05, 0) is 36.3 Å². The molecule has 0 spiro atoms. The van der Waals surface area contributed by atoms with Crippen molar-refractivity contribution in [3.05, 3.63) is 35.4 Å². The van der Waals surface area contributed by atoms with E-state index in [1.165, 1.54) is 11.1 Å². The molecule has 1 nitrogen and oxygen atoms in total. The van der Waals surface area contributed by atoms with E-state index in [1.807, 2.05) is 0 Å². The van der Waals surface area contributed by atoms with Crippen molar-refractivity contribution in [1.29, 1.82) is 0 Å². The molecule has 1 atom stereocenters. The van der Waals surface area contributed by atoms with Gasteiger partial charge in [0.2, 0.25) is 0 Å². The lowest BCUT2D eigenvalue weighted by Gasteiger charge is -2.24. The summed E-state index contributed by atoms with van der Waals surface area (Å²) < 4.78 is 0. The molecule has 0 heterocycles. The van der Waals surface area contributed by atoms with Gasteiger partial charge in [0.1, 0.15) is 0 Å². The van der Waals surface area contributed by atoms with E-state index < -0.39 is 0 Å². The average molecular weight is 220 g/mol. The van der Waals surface area contributed by atoms with E-state index >= 15 is 0 Å². The average Bonchev–Trinajstić information content (AvgIpc) is 2.31. The van der Waals surface area contributed by atoms with Crippen LogP contribution < -0.4 is 0 Å². The molecule has 0 amide bonds. The fraction of sp³-hybridized carbons (Fsp3) is 0.600.